The fourth-order valence-corrected chi connectivity index (χ4v) is 2.91. The number of nitrogens with zero attached hydrogens (tertiary/aromatic N) is 2. The Kier molecular flexibility index (Phi) is 6.15. The van der Waals surface area contributed by atoms with Crippen LogP contribution in [-0.4, -0.2) is 53.8 Å². The summed E-state index contributed by atoms with van der Waals surface area (Å²) in [4.78, 5) is 27.7. The first-order valence-electron chi connectivity index (χ1n) is 8.52. The molecule has 0 saturated carbocycles. The standard InChI is InChI=1S/C19H27N3O2/c1-4-16(17-7-5-14(2)6-8-17)13-18(23)22-11-9-21(10-12-22)15(3)19(20)24/h5-8,13,15H,4,9-12H2,1-3H3,(H2,20,24). The maximum atomic E-state index is 12.6. The smallest absolute Gasteiger partial charge is 0.246 e. The molecule has 1 aromatic rings. The van der Waals surface area contributed by atoms with Gasteiger partial charge in [-0.05, 0) is 31.4 Å². The van der Waals surface area contributed by atoms with E-state index in [0.717, 1.165) is 17.6 Å². The zero-order chi connectivity index (χ0) is 17.7. The summed E-state index contributed by atoms with van der Waals surface area (Å²) in [6.07, 6.45) is 2.56. The van der Waals surface area contributed by atoms with E-state index in [9.17, 15) is 9.59 Å². The van der Waals surface area contributed by atoms with Gasteiger partial charge in [0.1, 0.15) is 0 Å². The van der Waals surface area contributed by atoms with Crippen LogP contribution in [0.5, 0.6) is 0 Å². The Morgan fingerprint density at radius 3 is 2.25 bits per heavy atom. The number of carbonyl (C=O) groups excluding carboxylic acids is 2. The third kappa shape index (κ3) is 4.45. The Morgan fingerprint density at radius 1 is 1.17 bits per heavy atom. The second-order valence-electron chi connectivity index (χ2n) is 6.33. The minimum absolute atomic E-state index is 0.0406. The van der Waals surface area contributed by atoms with Crippen LogP contribution < -0.4 is 5.73 Å². The average Bonchev–Trinajstić information content (AvgIpc) is 2.59. The normalized spacial score (nSPS) is 17.6. The molecule has 2 amide bonds. The van der Waals surface area contributed by atoms with Gasteiger partial charge in [0.15, 0.2) is 0 Å². The third-order valence-electron chi connectivity index (χ3n) is 4.69. The van der Waals surface area contributed by atoms with Crippen LogP contribution in [0.2, 0.25) is 0 Å². The molecule has 1 aromatic carbocycles. The molecule has 1 aliphatic rings. The summed E-state index contributed by atoms with van der Waals surface area (Å²) in [6.45, 7) is 8.52. The number of allylic oxidation sites excluding steroid dienone is 1. The van der Waals surface area contributed by atoms with E-state index in [4.69, 9.17) is 5.73 Å². The predicted molar refractivity (Wildman–Crippen MR) is 96.3 cm³/mol. The molecule has 1 unspecified atom stereocenters. The van der Waals surface area contributed by atoms with Gasteiger partial charge < -0.3 is 10.6 Å². The molecular formula is C19H27N3O2. The van der Waals surface area contributed by atoms with Gasteiger partial charge in [-0.2, -0.15) is 0 Å². The Morgan fingerprint density at radius 2 is 1.75 bits per heavy atom. The molecular weight excluding hydrogens is 302 g/mol. The van der Waals surface area contributed by atoms with Crippen molar-refractivity contribution in [2.24, 2.45) is 5.73 Å². The second kappa shape index (κ2) is 8.11. The van der Waals surface area contributed by atoms with Crippen molar-refractivity contribution in [1.29, 1.82) is 0 Å². The highest BCUT2D eigenvalue weighted by Crippen LogP contribution is 2.19. The monoisotopic (exact) mass is 329 g/mol. The van der Waals surface area contributed by atoms with Crippen molar-refractivity contribution in [2.75, 3.05) is 26.2 Å². The molecule has 0 aliphatic carbocycles. The van der Waals surface area contributed by atoms with Gasteiger partial charge in [-0.1, -0.05) is 36.8 Å². The zero-order valence-corrected chi connectivity index (χ0v) is 14.8. The number of benzene rings is 1. The molecule has 1 atom stereocenters. The summed E-state index contributed by atoms with van der Waals surface area (Å²) in [5.41, 5.74) is 8.70. The van der Waals surface area contributed by atoms with E-state index in [0.29, 0.717) is 26.2 Å². The molecule has 0 aromatic heterocycles. The van der Waals surface area contributed by atoms with Gasteiger partial charge in [0.25, 0.3) is 0 Å². The third-order valence-corrected chi connectivity index (χ3v) is 4.69. The quantitative estimate of drug-likeness (QED) is 0.838. The van der Waals surface area contributed by atoms with Crippen LogP contribution in [0.25, 0.3) is 5.57 Å². The summed E-state index contributed by atoms with van der Waals surface area (Å²) >= 11 is 0. The lowest BCUT2D eigenvalue weighted by atomic mass is 10.0. The predicted octanol–water partition coefficient (Wildman–Crippen LogP) is 1.81. The number of carbonyl (C=O) groups is 2. The maximum Gasteiger partial charge on any atom is 0.246 e. The van der Waals surface area contributed by atoms with Crippen LogP contribution in [0.3, 0.4) is 0 Å². The van der Waals surface area contributed by atoms with Gasteiger partial charge in [0.2, 0.25) is 11.8 Å². The van der Waals surface area contributed by atoms with E-state index >= 15 is 0 Å². The number of hydrogen-bond acceptors (Lipinski definition) is 3. The summed E-state index contributed by atoms with van der Waals surface area (Å²) < 4.78 is 0. The Bertz CT molecular complexity index is 614. The van der Waals surface area contributed by atoms with Crippen molar-refractivity contribution in [1.82, 2.24) is 9.80 Å². The number of nitrogens with two attached hydrogens (primary N) is 1. The van der Waals surface area contributed by atoms with Crippen LogP contribution in [0.1, 0.15) is 31.4 Å². The van der Waals surface area contributed by atoms with Crippen molar-refractivity contribution in [2.45, 2.75) is 33.2 Å². The van der Waals surface area contributed by atoms with Gasteiger partial charge in [-0.3, -0.25) is 14.5 Å². The number of piperazine rings is 1. The molecule has 5 heteroatoms. The molecule has 1 heterocycles. The number of hydrogen-bond donors (Lipinski definition) is 1. The molecule has 1 aliphatic heterocycles. The molecule has 130 valence electrons. The first-order chi connectivity index (χ1) is 11.4. The van der Waals surface area contributed by atoms with Crippen LogP contribution in [0.4, 0.5) is 0 Å². The summed E-state index contributed by atoms with van der Waals surface area (Å²) in [5, 5.41) is 0. The van der Waals surface area contributed by atoms with E-state index in [1.54, 1.807) is 6.08 Å². The van der Waals surface area contributed by atoms with Gasteiger partial charge in [-0.15, -0.1) is 0 Å². The van der Waals surface area contributed by atoms with Gasteiger partial charge >= 0.3 is 0 Å². The number of aryl methyl sites for hydroxylation is 1. The molecule has 0 radical (unpaired) electrons. The Hall–Kier alpha value is -2.14. The SMILES string of the molecule is CCC(=CC(=O)N1CCN(C(C)C(N)=O)CC1)c1ccc(C)cc1. The number of amides is 2. The number of primary amides is 1. The van der Waals surface area contributed by atoms with Crippen molar-refractivity contribution in [3.8, 4) is 0 Å². The summed E-state index contributed by atoms with van der Waals surface area (Å²) in [6, 6.07) is 7.96. The van der Waals surface area contributed by atoms with E-state index in [-0.39, 0.29) is 17.9 Å². The maximum absolute atomic E-state index is 12.6. The molecule has 1 fully saturated rings. The largest absolute Gasteiger partial charge is 0.368 e. The molecule has 24 heavy (non-hydrogen) atoms. The van der Waals surface area contributed by atoms with Crippen molar-refractivity contribution in [3.63, 3.8) is 0 Å². The molecule has 1 saturated heterocycles. The topological polar surface area (TPSA) is 66.6 Å². The Labute approximate surface area is 144 Å². The highest BCUT2D eigenvalue weighted by molar-refractivity contribution is 5.95. The second-order valence-corrected chi connectivity index (χ2v) is 6.33. The summed E-state index contributed by atoms with van der Waals surface area (Å²) in [5.74, 6) is -0.277. The molecule has 5 nitrogen and oxygen atoms in total. The van der Waals surface area contributed by atoms with Crippen molar-refractivity contribution in [3.05, 3.63) is 41.5 Å². The van der Waals surface area contributed by atoms with Gasteiger partial charge in [0.05, 0.1) is 6.04 Å². The lowest BCUT2D eigenvalue weighted by Gasteiger charge is -2.36. The van der Waals surface area contributed by atoms with Gasteiger partial charge in [-0.25, -0.2) is 0 Å². The zero-order valence-electron chi connectivity index (χ0n) is 14.8. The van der Waals surface area contributed by atoms with Gasteiger partial charge in [0, 0.05) is 32.3 Å². The first kappa shape index (κ1) is 18.2. The van der Waals surface area contributed by atoms with Crippen LogP contribution in [-0.2, 0) is 9.59 Å². The van der Waals surface area contributed by atoms with E-state index in [1.165, 1.54) is 5.56 Å². The molecule has 0 spiro atoms. The minimum atomic E-state index is -0.317. The lowest BCUT2D eigenvalue weighted by Crippen LogP contribution is -2.54. The fourth-order valence-electron chi connectivity index (χ4n) is 2.91. The van der Waals surface area contributed by atoms with Crippen molar-refractivity contribution < 1.29 is 9.59 Å². The van der Waals surface area contributed by atoms with Crippen LogP contribution in [0.15, 0.2) is 30.3 Å². The summed E-state index contributed by atoms with van der Waals surface area (Å²) in [7, 11) is 0. The lowest BCUT2D eigenvalue weighted by molar-refractivity contribution is -0.129. The first-order valence-corrected chi connectivity index (χ1v) is 8.52. The molecule has 2 rings (SSSR count). The fraction of sp³-hybridized carbons (Fsp3) is 0.474. The highest BCUT2D eigenvalue weighted by Gasteiger charge is 2.25. The van der Waals surface area contributed by atoms with Crippen LogP contribution >= 0.6 is 0 Å². The van der Waals surface area contributed by atoms with E-state index in [1.807, 2.05) is 16.7 Å². The minimum Gasteiger partial charge on any atom is -0.368 e. The average molecular weight is 329 g/mol. The highest BCUT2D eigenvalue weighted by atomic mass is 16.2. The van der Waals surface area contributed by atoms with E-state index < -0.39 is 0 Å². The molecule has 2 N–H and O–H groups in total. The van der Waals surface area contributed by atoms with Crippen LogP contribution in [0, 0.1) is 6.92 Å². The molecule has 0 bridgehead atoms. The van der Waals surface area contributed by atoms with Crippen molar-refractivity contribution >= 4 is 17.4 Å². The Balaban J connectivity index is 2.01. The number of rotatable bonds is 5. The van der Waals surface area contributed by atoms with E-state index in [2.05, 4.69) is 38.1 Å².